The Kier molecular flexibility index (Phi) is 9.40. The molecule has 0 spiro atoms. The third-order valence-corrected chi connectivity index (χ3v) is 6.90. The zero-order chi connectivity index (χ0) is 30.5. The van der Waals surface area contributed by atoms with Gasteiger partial charge in [-0.3, -0.25) is 19.3 Å². The molecule has 1 N–H and O–H groups in total. The highest BCUT2D eigenvalue weighted by molar-refractivity contribution is 6.05. The molecule has 1 atom stereocenters. The van der Waals surface area contributed by atoms with Crippen molar-refractivity contribution in [2.75, 3.05) is 45.9 Å². The van der Waals surface area contributed by atoms with Crippen molar-refractivity contribution in [1.29, 1.82) is 0 Å². The summed E-state index contributed by atoms with van der Waals surface area (Å²) in [7, 11) is 0. The molecule has 2 aliphatic rings. The maximum absolute atomic E-state index is 14.1. The monoisotopic (exact) mass is 587 g/mol. The van der Waals surface area contributed by atoms with Crippen molar-refractivity contribution in [3.05, 3.63) is 41.6 Å². The summed E-state index contributed by atoms with van der Waals surface area (Å²) in [6.07, 6.45) is -0.341. The zero-order valence-electron chi connectivity index (χ0n) is 23.9. The summed E-state index contributed by atoms with van der Waals surface area (Å²) in [5, 5.41) is 2.72. The average molecular weight is 588 g/mol. The van der Waals surface area contributed by atoms with Gasteiger partial charge >= 0.3 is 18.3 Å². The Labute approximate surface area is 242 Å². The van der Waals surface area contributed by atoms with E-state index >= 15 is 0 Å². The van der Waals surface area contributed by atoms with Crippen LogP contribution in [-0.4, -0.2) is 106 Å². The quantitative estimate of drug-likeness (QED) is 0.284. The van der Waals surface area contributed by atoms with Gasteiger partial charge < -0.3 is 19.7 Å². The van der Waals surface area contributed by atoms with Crippen LogP contribution in [0.25, 0.3) is 15.7 Å². The van der Waals surface area contributed by atoms with Crippen molar-refractivity contribution in [2.45, 2.75) is 57.8 Å². The summed E-state index contributed by atoms with van der Waals surface area (Å²) in [4.78, 5) is 53.1. The molecule has 3 heterocycles. The van der Waals surface area contributed by atoms with Crippen molar-refractivity contribution in [1.82, 2.24) is 30.0 Å². The first-order chi connectivity index (χ1) is 19.9. The molecule has 2 aromatic rings. The van der Waals surface area contributed by atoms with Gasteiger partial charge in [-0.25, -0.2) is 26.2 Å². The molecule has 2 fully saturated rings. The topological polar surface area (TPSA) is 122 Å². The minimum atomic E-state index is -3.43. The van der Waals surface area contributed by atoms with Crippen LogP contribution in [0.3, 0.4) is 0 Å². The van der Waals surface area contributed by atoms with Gasteiger partial charge in [0.25, 0.3) is 11.8 Å². The highest BCUT2D eigenvalue weighted by Gasteiger charge is 2.53. The van der Waals surface area contributed by atoms with Gasteiger partial charge in [0, 0.05) is 44.5 Å². The van der Waals surface area contributed by atoms with Crippen LogP contribution in [0.15, 0.2) is 24.5 Å². The Hall–Kier alpha value is -4.12. The van der Waals surface area contributed by atoms with E-state index in [1.165, 1.54) is 6.33 Å². The molecule has 0 saturated carbocycles. The molecule has 1 aromatic heterocycles. The Morgan fingerprint density at radius 1 is 1.17 bits per heavy atom. The van der Waals surface area contributed by atoms with Gasteiger partial charge in [-0.05, 0) is 45.4 Å². The maximum Gasteiger partial charge on any atom is 0.410 e. The fraction of sp³-hybridized carbons (Fsp3) is 0.571. The van der Waals surface area contributed by atoms with E-state index in [0.29, 0.717) is 36.3 Å². The van der Waals surface area contributed by atoms with E-state index in [-0.39, 0.29) is 23.1 Å². The van der Waals surface area contributed by atoms with Crippen LogP contribution in [-0.2, 0) is 9.53 Å². The minimum absolute atomic E-state index is 0.0315. The first-order valence-electron chi connectivity index (χ1n) is 13.8. The van der Waals surface area contributed by atoms with Crippen molar-refractivity contribution >= 4 is 28.8 Å². The van der Waals surface area contributed by atoms with E-state index in [2.05, 4.69) is 25.0 Å². The molecule has 2 saturated heterocycles. The van der Waals surface area contributed by atoms with Crippen molar-refractivity contribution in [3.63, 3.8) is 0 Å². The van der Waals surface area contributed by atoms with Gasteiger partial charge in [0.05, 0.1) is 25.1 Å². The Morgan fingerprint density at radius 3 is 2.60 bits per heavy atom. The van der Waals surface area contributed by atoms with E-state index < -0.39 is 42.6 Å². The van der Waals surface area contributed by atoms with E-state index in [4.69, 9.17) is 16.0 Å². The fourth-order valence-corrected chi connectivity index (χ4v) is 4.83. The number of benzene rings is 1. The number of nitrogens with zero attached hydrogens (tertiary/aromatic N) is 6. The number of amides is 3. The number of rotatable bonds is 8. The molecule has 4 rings (SSSR count). The molecular weight excluding hydrogens is 552 g/mol. The van der Waals surface area contributed by atoms with Gasteiger partial charge in [-0.1, -0.05) is 0 Å². The molecule has 2 aliphatic heterocycles. The van der Waals surface area contributed by atoms with Gasteiger partial charge in [0.15, 0.2) is 0 Å². The second-order valence-electron chi connectivity index (χ2n) is 11.2. The molecule has 0 aliphatic carbocycles. The number of halogens is 2. The van der Waals surface area contributed by atoms with Crippen LogP contribution in [0.4, 0.5) is 13.6 Å². The van der Waals surface area contributed by atoms with Gasteiger partial charge in [0.1, 0.15) is 23.4 Å². The molecule has 0 unspecified atom stereocenters. The molecule has 3 amide bonds. The smallest absolute Gasteiger partial charge is 0.410 e. The Morgan fingerprint density at radius 2 is 1.90 bits per heavy atom. The first-order valence-corrected chi connectivity index (χ1v) is 13.8. The number of nitrogens with one attached hydrogen (secondary N) is 1. The molecule has 0 radical (unpaired) electrons. The standard InChI is InChI=1S/C28H35F2N7O5/c1-27(2,3)42-26(40)36-13-11-35(12-14-36)10-5-15-41-19-6-7-21-20(16-19)24(34-18-33-21)25(39)32-17-23(38)37-22(31-4)8-9-28(37,29)30/h6-7,16,18,22H,5,8-15,17H2,1-3H3,(H,32,39)/t22-/m0/s1. The number of ether oxygens (including phenoxy) is 2. The lowest BCUT2D eigenvalue weighted by Gasteiger charge is -2.35. The first kappa shape index (κ1) is 30.8. The molecule has 1 aromatic carbocycles. The number of aromatic nitrogens is 2. The maximum atomic E-state index is 14.1. The largest absolute Gasteiger partial charge is 0.494 e. The number of piperazine rings is 1. The summed E-state index contributed by atoms with van der Waals surface area (Å²) in [6.45, 7) is 15.8. The lowest BCUT2D eigenvalue weighted by molar-refractivity contribution is -0.165. The summed E-state index contributed by atoms with van der Waals surface area (Å²) in [5.41, 5.74) is -0.0895. The summed E-state index contributed by atoms with van der Waals surface area (Å²) < 4.78 is 39.6. The van der Waals surface area contributed by atoms with Gasteiger partial charge in [-0.15, -0.1) is 0 Å². The summed E-state index contributed by atoms with van der Waals surface area (Å²) >= 11 is 0. The number of carbonyl (C=O) groups is 3. The number of alkyl halides is 2. The number of carbonyl (C=O) groups excluding carboxylic acids is 3. The van der Waals surface area contributed by atoms with Crippen LogP contribution in [0.2, 0.25) is 0 Å². The van der Waals surface area contributed by atoms with Crippen molar-refractivity contribution < 1.29 is 32.6 Å². The normalized spacial score (nSPS) is 18.9. The second kappa shape index (κ2) is 12.8. The highest BCUT2D eigenvalue weighted by Crippen LogP contribution is 2.37. The lowest BCUT2D eigenvalue weighted by atomic mass is 10.1. The third kappa shape index (κ3) is 7.58. The van der Waals surface area contributed by atoms with Crippen LogP contribution in [0, 0.1) is 6.57 Å². The molecule has 226 valence electrons. The van der Waals surface area contributed by atoms with Crippen LogP contribution < -0.4 is 10.1 Å². The summed E-state index contributed by atoms with van der Waals surface area (Å²) in [5.74, 6) is -1.28. The second-order valence-corrected chi connectivity index (χ2v) is 11.2. The van der Waals surface area contributed by atoms with E-state index in [9.17, 15) is 23.2 Å². The number of fused-ring (bicyclic) bond motifs is 1. The molecule has 14 heteroatoms. The van der Waals surface area contributed by atoms with Gasteiger partial charge in [0.2, 0.25) is 0 Å². The van der Waals surface area contributed by atoms with E-state index in [1.807, 2.05) is 20.8 Å². The number of hydrogen-bond donors (Lipinski definition) is 1. The molecular formula is C28H35F2N7O5. The number of hydrogen-bond acceptors (Lipinski definition) is 8. The van der Waals surface area contributed by atoms with E-state index in [0.717, 1.165) is 26.1 Å². The Bertz CT molecular complexity index is 1350. The van der Waals surface area contributed by atoms with Gasteiger partial charge in [-0.2, -0.15) is 8.78 Å². The average Bonchev–Trinajstić information content (AvgIpc) is 3.26. The minimum Gasteiger partial charge on any atom is -0.494 e. The molecule has 12 nitrogen and oxygen atoms in total. The molecule has 42 heavy (non-hydrogen) atoms. The van der Waals surface area contributed by atoms with Crippen LogP contribution >= 0.6 is 0 Å². The van der Waals surface area contributed by atoms with E-state index in [1.54, 1.807) is 23.1 Å². The van der Waals surface area contributed by atoms with Crippen LogP contribution in [0.5, 0.6) is 5.75 Å². The predicted molar refractivity (Wildman–Crippen MR) is 148 cm³/mol. The van der Waals surface area contributed by atoms with Crippen molar-refractivity contribution in [3.8, 4) is 5.75 Å². The zero-order valence-corrected chi connectivity index (χ0v) is 23.9. The molecule has 0 bridgehead atoms. The predicted octanol–water partition coefficient (Wildman–Crippen LogP) is 3.14. The van der Waals surface area contributed by atoms with Crippen molar-refractivity contribution in [2.24, 2.45) is 0 Å². The third-order valence-electron chi connectivity index (χ3n) is 6.90. The van der Waals surface area contributed by atoms with Crippen LogP contribution in [0.1, 0.15) is 50.5 Å². The number of likely N-dealkylation sites (tertiary alicyclic amines) is 1. The fourth-order valence-electron chi connectivity index (χ4n) is 4.83. The SMILES string of the molecule is [C-]#[N+][C@@H]1CCC(F)(F)N1C(=O)CNC(=O)c1ncnc2ccc(OCCCN3CCN(C(=O)OC(C)(C)C)CC3)cc12. The summed E-state index contributed by atoms with van der Waals surface area (Å²) in [6, 6.07) is 1.59. The Balaban J connectivity index is 1.28. The highest BCUT2D eigenvalue weighted by atomic mass is 19.3. The lowest BCUT2D eigenvalue weighted by Crippen LogP contribution is -2.50.